The summed E-state index contributed by atoms with van der Waals surface area (Å²) in [5.41, 5.74) is 5.70. The number of amidine groups is 1. The molecule has 0 saturated heterocycles. The lowest BCUT2D eigenvalue weighted by Gasteiger charge is -2.22. The minimum atomic E-state index is -0.318. The third kappa shape index (κ3) is 2.22. The lowest BCUT2D eigenvalue weighted by atomic mass is 9.88. The van der Waals surface area contributed by atoms with Crippen LogP contribution in [0.5, 0.6) is 0 Å². The number of rotatable bonds is 1. The molecule has 1 aliphatic heterocycles. The van der Waals surface area contributed by atoms with Crippen LogP contribution in [0.3, 0.4) is 0 Å². The third-order valence-electron chi connectivity index (χ3n) is 1.70. The van der Waals surface area contributed by atoms with E-state index >= 15 is 0 Å². The second kappa shape index (κ2) is 2.77. The van der Waals surface area contributed by atoms with E-state index in [0.29, 0.717) is 5.84 Å². The van der Waals surface area contributed by atoms with E-state index in [2.05, 4.69) is 31.1 Å². The van der Waals surface area contributed by atoms with Gasteiger partial charge in [0.2, 0.25) is 0 Å². The quantitative estimate of drug-likeness (QED) is 0.611. The van der Waals surface area contributed by atoms with Gasteiger partial charge in [-0.25, -0.2) is 4.79 Å². The molecule has 3 N–H and O–H groups in total. The Balaban J connectivity index is 2.57. The molecule has 0 fully saturated rings. The Labute approximate surface area is 72.2 Å². The van der Waals surface area contributed by atoms with Gasteiger partial charge in [-0.1, -0.05) is 20.8 Å². The second-order valence-electron chi connectivity index (χ2n) is 4.30. The van der Waals surface area contributed by atoms with Crippen LogP contribution in [0.25, 0.3) is 0 Å². The number of carbonyl (C=O) groups is 1. The van der Waals surface area contributed by atoms with Crippen LogP contribution in [-0.2, 0) is 0 Å². The summed E-state index contributed by atoms with van der Waals surface area (Å²) in [7, 11) is 0. The number of nitrogens with zero attached hydrogens (tertiary/aromatic N) is 1. The molecule has 2 amide bonds. The minimum Gasteiger partial charge on any atom is -0.385 e. The van der Waals surface area contributed by atoms with E-state index in [9.17, 15) is 4.79 Å². The van der Waals surface area contributed by atoms with E-state index in [1.54, 1.807) is 0 Å². The van der Waals surface area contributed by atoms with Gasteiger partial charge in [-0.2, -0.15) is 4.99 Å². The van der Waals surface area contributed by atoms with Crippen molar-refractivity contribution in [1.82, 2.24) is 5.32 Å². The summed E-state index contributed by atoms with van der Waals surface area (Å²) in [6, 6.07) is -0.390. The topological polar surface area (TPSA) is 67.5 Å². The number of nitrogens with two attached hydrogens (primary N) is 1. The van der Waals surface area contributed by atoms with Crippen molar-refractivity contribution in [2.24, 2.45) is 16.1 Å². The zero-order chi connectivity index (χ0) is 9.35. The molecule has 0 bridgehead atoms. The van der Waals surface area contributed by atoms with Crippen molar-refractivity contribution in [2.75, 3.05) is 0 Å². The summed E-state index contributed by atoms with van der Waals surface area (Å²) in [5.74, 6) is 0.412. The molecule has 0 aliphatic carbocycles. The largest absolute Gasteiger partial charge is 0.385 e. The van der Waals surface area contributed by atoms with Gasteiger partial charge in [0.1, 0.15) is 5.84 Å². The van der Waals surface area contributed by atoms with Crippen molar-refractivity contribution in [2.45, 2.75) is 33.2 Å². The molecule has 68 valence electrons. The second-order valence-corrected chi connectivity index (χ2v) is 4.30. The van der Waals surface area contributed by atoms with Crippen molar-refractivity contribution >= 4 is 11.9 Å². The first-order valence-corrected chi connectivity index (χ1v) is 4.03. The number of urea groups is 1. The Morgan fingerprint density at radius 2 is 2.17 bits per heavy atom. The predicted molar refractivity (Wildman–Crippen MR) is 48.0 cm³/mol. The average molecular weight is 169 g/mol. The van der Waals surface area contributed by atoms with Crippen LogP contribution in [0, 0.1) is 5.41 Å². The Morgan fingerprint density at radius 3 is 2.50 bits per heavy atom. The highest BCUT2D eigenvalue weighted by Crippen LogP contribution is 2.22. The summed E-state index contributed by atoms with van der Waals surface area (Å²) in [5, 5.41) is 2.69. The fraction of sp³-hybridized carbons (Fsp3) is 0.750. The van der Waals surface area contributed by atoms with E-state index < -0.39 is 0 Å². The predicted octanol–water partition coefficient (Wildman–Crippen LogP) is 0.872. The maximum absolute atomic E-state index is 10.8. The van der Waals surface area contributed by atoms with Crippen molar-refractivity contribution in [1.29, 1.82) is 0 Å². The number of hydrogen-bond donors (Lipinski definition) is 2. The molecule has 12 heavy (non-hydrogen) atoms. The molecular formula is C8H15N3O. The first-order valence-electron chi connectivity index (χ1n) is 4.03. The van der Waals surface area contributed by atoms with E-state index in [0.717, 1.165) is 6.42 Å². The first-order chi connectivity index (χ1) is 5.38. The molecule has 1 unspecified atom stereocenters. The molecule has 0 saturated carbocycles. The van der Waals surface area contributed by atoms with Gasteiger partial charge < -0.3 is 11.1 Å². The van der Waals surface area contributed by atoms with E-state index in [1.807, 2.05) is 0 Å². The Hall–Kier alpha value is -1.06. The maximum atomic E-state index is 10.8. The Kier molecular flexibility index (Phi) is 2.08. The minimum absolute atomic E-state index is 0.0718. The molecule has 1 heterocycles. The highest BCUT2D eigenvalue weighted by Gasteiger charge is 2.27. The molecule has 0 radical (unpaired) electrons. The van der Waals surface area contributed by atoms with E-state index in [1.165, 1.54) is 0 Å². The zero-order valence-electron chi connectivity index (χ0n) is 7.72. The van der Waals surface area contributed by atoms with Crippen molar-refractivity contribution in [3.63, 3.8) is 0 Å². The van der Waals surface area contributed by atoms with Crippen LogP contribution < -0.4 is 11.1 Å². The molecule has 1 rings (SSSR count). The molecule has 0 spiro atoms. The summed E-state index contributed by atoms with van der Waals surface area (Å²) in [6.45, 7) is 6.31. The van der Waals surface area contributed by atoms with Gasteiger partial charge in [-0.05, 0) is 11.8 Å². The molecular weight excluding hydrogens is 154 g/mol. The standard InChI is InChI=1S/C8H15N3O/c1-8(2,3)4-5-6(9)11-7(12)10-5/h5H,4H2,1-3H3,(H3,9,10,11,12). The van der Waals surface area contributed by atoms with Crippen molar-refractivity contribution in [3.8, 4) is 0 Å². The summed E-state index contributed by atoms with van der Waals surface area (Å²) < 4.78 is 0. The van der Waals surface area contributed by atoms with Gasteiger partial charge in [-0.15, -0.1) is 0 Å². The molecule has 4 heteroatoms. The third-order valence-corrected chi connectivity index (χ3v) is 1.70. The van der Waals surface area contributed by atoms with Gasteiger partial charge >= 0.3 is 6.03 Å². The van der Waals surface area contributed by atoms with Crippen LogP contribution in [0.15, 0.2) is 4.99 Å². The SMILES string of the molecule is CC(C)(C)CC1NC(=O)N=C1N. The van der Waals surface area contributed by atoms with Crippen molar-refractivity contribution in [3.05, 3.63) is 0 Å². The smallest absolute Gasteiger partial charge is 0.343 e. The van der Waals surface area contributed by atoms with Gasteiger partial charge in [0.05, 0.1) is 6.04 Å². The van der Waals surface area contributed by atoms with Crippen LogP contribution in [-0.4, -0.2) is 17.9 Å². The number of amides is 2. The van der Waals surface area contributed by atoms with Gasteiger partial charge in [0, 0.05) is 0 Å². The normalized spacial score (nSPS) is 23.8. The molecule has 0 aromatic carbocycles. The highest BCUT2D eigenvalue weighted by atomic mass is 16.2. The lowest BCUT2D eigenvalue weighted by molar-refractivity contribution is 0.247. The summed E-state index contributed by atoms with van der Waals surface area (Å²) in [4.78, 5) is 14.4. The van der Waals surface area contributed by atoms with Crippen LogP contribution >= 0.6 is 0 Å². The van der Waals surface area contributed by atoms with Gasteiger partial charge in [-0.3, -0.25) is 0 Å². The highest BCUT2D eigenvalue weighted by molar-refractivity contribution is 6.02. The van der Waals surface area contributed by atoms with Crippen LogP contribution in [0.4, 0.5) is 4.79 Å². The van der Waals surface area contributed by atoms with Gasteiger partial charge in [0.15, 0.2) is 0 Å². The molecule has 0 aromatic heterocycles. The number of hydrogen-bond acceptors (Lipinski definition) is 2. The van der Waals surface area contributed by atoms with Gasteiger partial charge in [0.25, 0.3) is 0 Å². The lowest BCUT2D eigenvalue weighted by Crippen LogP contribution is -2.39. The van der Waals surface area contributed by atoms with Crippen LogP contribution in [0.1, 0.15) is 27.2 Å². The van der Waals surface area contributed by atoms with Crippen molar-refractivity contribution < 1.29 is 4.79 Å². The number of nitrogens with one attached hydrogen (secondary N) is 1. The summed E-state index contributed by atoms with van der Waals surface area (Å²) >= 11 is 0. The first kappa shape index (κ1) is 9.03. The Morgan fingerprint density at radius 1 is 1.58 bits per heavy atom. The number of carbonyl (C=O) groups excluding carboxylic acids is 1. The van der Waals surface area contributed by atoms with E-state index in [4.69, 9.17) is 5.73 Å². The maximum Gasteiger partial charge on any atom is 0.343 e. The van der Waals surface area contributed by atoms with Crippen LogP contribution in [0.2, 0.25) is 0 Å². The molecule has 0 aromatic rings. The number of aliphatic imine (C=N–C) groups is 1. The fourth-order valence-electron chi connectivity index (χ4n) is 1.22. The zero-order valence-corrected chi connectivity index (χ0v) is 7.72. The van der Waals surface area contributed by atoms with E-state index in [-0.39, 0.29) is 17.5 Å². The summed E-state index contributed by atoms with van der Waals surface area (Å²) in [6.07, 6.45) is 0.827. The molecule has 1 atom stereocenters. The average Bonchev–Trinajstić information content (AvgIpc) is 2.06. The fourth-order valence-corrected chi connectivity index (χ4v) is 1.22. The monoisotopic (exact) mass is 169 g/mol. The molecule has 1 aliphatic rings. The molecule has 4 nitrogen and oxygen atoms in total. The Bertz CT molecular complexity index is 227.